The second kappa shape index (κ2) is 6.04. The molecule has 2 atom stereocenters. The molecule has 2 aliphatic heterocycles. The highest BCUT2D eigenvalue weighted by Crippen LogP contribution is 2.37. The summed E-state index contributed by atoms with van der Waals surface area (Å²) in [7, 11) is 0. The van der Waals surface area contributed by atoms with Crippen LogP contribution in [0.4, 0.5) is 0 Å². The van der Waals surface area contributed by atoms with Gasteiger partial charge in [0.25, 0.3) is 0 Å². The highest BCUT2D eigenvalue weighted by molar-refractivity contribution is 6.25. The zero-order valence-corrected chi connectivity index (χ0v) is 11.1. The largest absolute Gasteiger partial charge is 0.543 e. The zero-order valence-electron chi connectivity index (χ0n) is 11.1. The molecule has 1 N–H and O–H groups in total. The van der Waals surface area contributed by atoms with Gasteiger partial charge in [0.2, 0.25) is 0 Å². The summed E-state index contributed by atoms with van der Waals surface area (Å²) in [5.74, 6) is -2.67. The smallest absolute Gasteiger partial charge is 0.140 e. The summed E-state index contributed by atoms with van der Waals surface area (Å²) in [4.78, 5) is 17.9. The number of carbonyl (C=O) groups excluding carboxylic acids is 2. The van der Waals surface area contributed by atoms with Gasteiger partial charge in [-0.05, 0) is 32.6 Å². The van der Waals surface area contributed by atoms with Crippen LogP contribution in [-0.4, -0.2) is 29.2 Å². The summed E-state index contributed by atoms with van der Waals surface area (Å²) in [6.07, 6.45) is 5.14. The normalized spacial score (nSPS) is 27.6. The second-order valence-corrected chi connectivity index (χ2v) is 5.25. The van der Waals surface area contributed by atoms with Crippen molar-refractivity contribution in [3.05, 3.63) is 17.5 Å². The van der Waals surface area contributed by atoms with E-state index < -0.39 is 11.9 Å². The molecule has 2 fully saturated rings. The molecular formula is C13H16N2O5-2. The van der Waals surface area contributed by atoms with E-state index in [0.717, 1.165) is 23.5 Å². The van der Waals surface area contributed by atoms with Gasteiger partial charge >= 0.3 is 0 Å². The number of nitrogens with zero attached hydrogens (tertiary/aromatic N) is 1. The van der Waals surface area contributed by atoms with Gasteiger partial charge in [0, 0.05) is 24.1 Å². The molecule has 2 saturated heterocycles. The van der Waals surface area contributed by atoms with Crippen molar-refractivity contribution in [3.8, 4) is 0 Å². The molecule has 0 aromatic carbocycles. The first kappa shape index (κ1) is 14.5. The Balaban J connectivity index is 0.000000212. The molecule has 0 amide bonds. The highest BCUT2D eigenvalue weighted by Gasteiger charge is 2.35. The lowest BCUT2D eigenvalue weighted by Crippen LogP contribution is -2.42. The molecule has 0 saturated carbocycles. The van der Waals surface area contributed by atoms with Crippen LogP contribution in [0.15, 0.2) is 10.6 Å². The van der Waals surface area contributed by atoms with Crippen molar-refractivity contribution >= 4 is 11.9 Å². The number of hydrogen-bond acceptors (Lipinski definition) is 7. The highest BCUT2D eigenvalue weighted by atomic mass is 16.5. The molecule has 1 aromatic rings. The summed E-state index contributed by atoms with van der Waals surface area (Å²) >= 11 is 0. The molecule has 3 heterocycles. The van der Waals surface area contributed by atoms with Gasteiger partial charge in [0.05, 0.1) is 17.6 Å². The van der Waals surface area contributed by atoms with Crippen LogP contribution < -0.4 is 15.5 Å². The van der Waals surface area contributed by atoms with E-state index in [9.17, 15) is 0 Å². The van der Waals surface area contributed by atoms with Gasteiger partial charge in [0.1, 0.15) is 5.76 Å². The summed E-state index contributed by atoms with van der Waals surface area (Å²) < 4.78 is 5.35. The molecule has 0 spiro atoms. The minimum atomic E-state index is -2.19. The van der Waals surface area contributed by atoms with Crippen molar-refractivity contribution in [2.75, 3.05) is 0 Å². The van der Waals surface area contributed by atoms with E-state index in [1.54, 1.807) is 0 Å². The van der Waals surface area contributed by atoms with Gasteiger partial charge in [-0.3, -0.25) is 0 Å². The number of carboxylic acids is 2. The maximum atomic E-state index is 8.93. The molecule has 20 heavy (non-hydrogen) atoms. The fraction of sp³-hybridized carbons (Fsp3) is 0.615. The van der Waals surface area contributed by atoms with Crippen LogP contribution >= 0.6 is 0 Å². The van der Waals surface area contributed by atoms with E-state index in [0.29, 0.717) is 5.92 Å². The van der Waals surface area contributed by atoms with Crippen molar-refractivity contribution in [2.24, 2.45) is 0 Å². The molecule has 2 bridgehead atoms. The van der Waals surface area contributed by atoms with E-state index in [1.807, 2.05) is 6.92 Å². The molecule has 3 rings (SSSR count). The third kappa shape index (κ3) is 3.57. The second-order valence-electron chi connectivity index (χ2n) is 5.25. The van der Waals surface area contributed by atoms with Crippen LogP contribution in [0.2, 0.25) is 0 Å². The number of hydrogen-bond donors (Lipinski definition) is 1. The predicted octanol–water partition coefficient (Wildman–Crippen LogP) is -1.53. The Hall–Kier alpha value is -1.89. The number of rotatable bonds is 1. The van der Waals surface area contributed by atoms with Gasteiger partial charge in [-0.2, -0.15) is 0 Å². The predicted molar refractivity (Wildman–Crippen MR) is 63.2 cm³/mol. The van der Waals surface area contributed by atoms with E-state index in [-0.39, 0.29) is 0 Å². The van der Waals surface area contributed by atoms with Crippen LogP contribution in [0.1, 0.15) is 43.1 Å². The fourth-order valence-corrected chi connectivity index (χ4v) is 2.87. The molecule has 7 nitrogen and oxygen atoms in total. The van der Waals surface area contributed by atoms with Crippen LogP contribution in [0.3, 0.4) is 0 Å². The van der Waals surface area contributed by atoms with Crippen LogP contribution in [-0.2, 0) is 9.59 Å². The van der Waals surface area contributed by atoms with Crippen molar-refractivity contribution in [2.45, 2.75) is 50.6 Å². The van der Waals surface area contributed by atoms with Crippen molar-refractivity contribution < 1.29 is 24.3 Å². The van der Waals surface area contributed by atoms with E-state index in [2.05, 4.69) is 16.5 Å². The minimum Gasteiger partial charge on any atom is -0.543 e. The fourth-order valence-electron chi connectivity index (χ4n) is 2.87. The Morgan fingerprint density at radius 3 is 2.20 bits per heavy atom. The lowest BCUT2D eigenvalue weighted by Gasteiger charge is -2.27. The average Bonchev–Trinajstić information content (AvgIpc) is 2.96. The lowest BCUT2D eigenvalue weighted by molar-refractivity contribution is -0.345. The molecule has 2 unspecified atom stereocenters. The van der Waals surface area contributed by atoms with E-state index >= 15 is 0 Å². The van der Waals surface area contributed by atoms with Gasteiger partial charge in [-0.1, -0.05) is 5.16 Å². The Morgan fingerprint density at radius 1 is 1.25 bits per heavy atom. The lowest BCUT2D eigenvalue weighted by atomic mass is 9.90. The Kier molecular flexibility index (Phi) is 4.39. The van der Waals surface area contributed by atoms with Crippen LogP contribution in [0.5, 0.6) is 0 Å². The third-order valence-electron chi connectivity index (χ3n) is 3.69. The van der Waals surface area contributed by atoms with Crippen molar-refractivity contribution in [3.63, 3.8) is 0 Å². The monoisotopic (exact) mass is 280 g/mol. The SMILES string of the molecule is Cc1cc(C2CC3CCC(C2)N3)on1.O=C([O-])C(=O)[O-]. The first-order valence-corrected chi connectivity index (χ1v) is 6.57. The number of aryl methyl sites for hydroxylation is 1. The summed E-state index contributed by atoms with van der Waals surface area (Å²) in [6.45, 7) is 1.99. The summed E-state index contributed by atoms with van der Waals surface area (Å²) in [6, 6.07) is 3.54. The van der Waals surface area contributed by atoms with Gasteiger partial charge in [-0.15, -0.1) is 0 Å². The van der Waals surface area contributed by atoms with Crippen molar-refractivity contribution in [1.82, 2.24) is 10.5 Å². The number of carbonyl (C=O) groups is 2. The topological polar surface area (TPSA) is 118 Å². The quantitative estimate of drug-likeness (QED) is 0.620. The molecule has 1 aromatic heterocycles. The maximum Gasteiger partial charge on any atom is 0.140 e. The molecule has 0 aliphatic carbocycles. The Labute approximate surface area is 116 Å². The molecule has 7 heteroatoms. The standard InChI is InChI=1S/C11H16N2O.C2H2O4/c1-7-4-11(14-13-7)8-5-9-2-3-10(6-8)12-9;3-1(4)2(5)6/h4,8-10,12H,2-3,5-6H2,1H3;(H,3,4)(H,5,6)/p-2. The number of aliphatic carboxylic acids is 2. The first-order chi connectivity index (χ1) is 9.45. The van der Waals surface area contributed by atoms with Gasteiger partial charge in [-0.25, -0.2) is 0 Å². The first-order valence-electron chi connectivity index (χ1n) is 6.57. The summed E-state index contributed by atoms with van der Waals surface area (Å²) in [5, 5.41) is 25.5. The third-order valence-corrected chi connectivity index (χ3v) is 3.69. The summed E-state index contributed by atoms with van der Waals surface area (Å²) in [5.41, 5.74) is 1.01. The minimum absolute atomic E-state index is 0.606. The number of piperidine rings is 1. The van der Waals surface area contributed by atoms with Crippen LogP contribution in [0.25, 0.3) is 0 Å². The number of nitrogens with one attached hydrogen (secondary N) is 1. The molecule has 0 radical (unpaired) electrons. The van der Waals surface area contributed by atoms with Crippen molar-refractivity contribution in [1.29, 1.82) is 0 Å². The molecular weight excluding hydrogens is 264 g/mol. The number of fused-ring (bicyclic) bond motifs is 2. The molecule has 110 valence electrons. The van der Waals surface area contributed by atoms with Crippen LogP contribution in [0, 0.1) is 6.92 Å². The van der Waals surface area contributed by atoms with Gasteiger partial charge in [0.15, 0.2) is 0 Å². The Morgan fingerprint density at radius 2 is 1.80 bits per heavy atom. The number of aromatic nitrogens is 1. The Bertz CT molecular complexity index is 475. The van der Waals surface area contributed by atoms with E-state index in [1.165, 1.54) is 25.7 Å². The number of carboxylic acid groups (broad SMARTS) is 2. The van der Waals surface area contributed by atoms with E-state index in [4.69, 9.17) is 24.3 Å². The molecule has 2 aliphatic rings. The zero-order chi connectivity index (χ0) is 14.7. The average molecular weight is 280 g/mol. The maximum absolute atomic E-state index is 8.93. The van der Waals surface area contributed by atoms with Gasteiger partial charge < -0.3 is 29.6 Å².